The molecule has 0 aliphatic heterocycles. The number of hydrogen-bond acceptors (Lipinski definition) is 7. The highest BCUT2D eigenvalue weighted by Gasteiger charge is 2.28. The zero-order valence-electron chi connectivity index (χ0n) is 19.4. The van der Waals surface area contributed by atoms with Gasteiger partial charge in [0.1, 0.15) is 17.1 Å². The molecule has 1 fully saturated rings. The van der Waals surface area contributed by atoms with E-state index >= 15 is 0 Å². The Bertz CT molecular complexity index is 1070. The third-order valence-electron chi connectivity index (χ3n) is 6.29. The number of hydrogen-bond donors (Lipinski definition) is 1. The molecule has 3 aromatic rings. The van der Waals surface area contributed by atoms with E-state index in [1.54, 1.807) is 13.8 Å². The Balaban J connectivity index is 1.43. The van der Waals surface area contributed by atoms with E-state index in [2.05, 4.69) is 34.5 Å². The molecule has 0 bridgehead atoms. The van der Waals surface area contributed by atoms with Crippen LogP contribution in [0.25, 0.3) is 11.3 Å². The molecule has 1 amide bonds. The summed E-state index contributed by atoms with van der Waals surface area (Å²) in [4.78, 5) is 22.0. The Morgan fingerprint density at radius 3 is 2.47 bits per heavy atom. The van der Waals surface area contributed by atoms with Gasteiger partial charge in [-0.3, -0.25) is 4.79 Å². The van der Waals surface area contributed by atoms with Crippen molar-refractivity contribution in [1.82, 2.24) is 25.6 Å². The van der Waals surface area contributed by atoms with Gasteiger partial charge in [0, 0.05) is 30.6 Å². The van der Waals surface area contributed by atoms with E-state index in [4.69, 9.17) is 14.0 Å². The van der Waals surface area contributed by atoms with Crippen molar-refractivity contribution in [2.45, 2.75) is 72.1 Å². The standard InChI is InChI=1S/C24H31N5O3/c1-13(2)23-25-12-19(20-10-14(3)28-32-20)22(27-23)18-8-6-17(7-9-18)11-26-24(30)21-15(4)29-31-16(21)5/h10,12-13,17-18H,6-9,11H2,1-5H3,(H,26,30). The zero-order valence-corrected chi connectivity index (χ0v) is 19.4. The molecule has 0 saturated heterocycles. The monoisotopic (exact) mass is 437 g/mol. The topological polar surface area (TPSA) is 107 Å². The third-order valence-corrected chi connectivity index (χ3v) is 6.29. The van der Waals surface area contributed by atoms with Crippen molar-refractivity contribution in [2.75, 3.05) is 6.54 Å². The Kier molecular flexibility index (Phi) is 6.39. The zero-order chi connectivity index (χ0) is 22.8. The number of carbonyl (C=O) groups excluding carboxylic acids is 1. The van der Waals surface area contributed by atoms with E-state index in [1.807, 2.05) is 19.2 Å². The van der Waals surface area contributed by atoms with Gasteiger partial charge >= 0.3 is 0 Å². The molecule has 0 unspecified atom stereocenters. The van der Waals surface area contributed by atoms with Gasteiger partial charge in [0.2, 0.25) is 0 Å². The molecule has 0 radical (unpaired) electrons. The molecule has 3 heterocycles. The van der Waals surface area contributed by atoms with Gasteiger partial charge < -0.3 is 14.4 Å². The second-order valence-electron chi connectivity index (χ2n) is 9.14. The van der Waals surface area contributed by atoms with Crippen molar-refractivity contribution in [3.63, 3.8) is 0 Å². The fourth-order valence-electron chi connectivity index (χ4n) is 4.45. The van der Waals surface area contributed by atoms with E-state index < -0.39 is 0 Å². The number of carbonyl (C=O) groups is 1. The molecule has 1 saturated carbocycles. The lowest BCUT2D eigenvalue weighted by molar-refractivity contribution is 0.0940. The summed E-state index contributed by atoms with van der Waals surface area (Å²) in [6.45, 7) is 10.3. The van der Waals surface area contributed by atoms with Gasteiger partial charge in [0.05, 0.1) is 22.6 Å². The van der Waals surface area contributed by atoms with Crippen LogP contribution in [-0.4, -0.2) is 32.7 Å². The van der Waals surface area contributed by atoms with Crippen LogP contribution in [0, 0.1) is 26.7 Å². The molecule has 1 aliphatic carbocycles. The summed E-state index contributed by atoms with van der Waals surface area (Å²) in [7, 11) is 0. The fourth-order valence-corrected chi connectivity index (χ4v) is 4.45. The fraction of sp³-hybridized carbons (Fsp3) is 0.542. The first kappa shape index (κ1) is 22.2. The maximum atomic E-state index is 12.5. The first-order valence-corrected chi connectivity index (χ1v) is 11.3. The Labute approximate surface area is 188 Å². The molecular weight excluding hydrogens is 406 g/mol. The molecule has 0 atom stereocenters. The van der Waals surface area contributed by atoms with Crippen LogP contribution in [0.4, 0.5) is 0 Å². The van der Waals surface area contributed by atoms with Crippen LogP contribution in [0.2, 0.25) is 0 Å². The quantitative estimate of drug-likeness (QED) is 0.586. The Morgan fingerprint density at radius 2 is 1.88 bits per heavy atom. The van der Waals surface area contributed by atoms with Gasteiger partial charge in [-0.15, -0.1) is 0 Å². The number of nitrogens with zero attached hydrogens (tertiary/aromatic N) is 4. The highest BCUT2D eigenvalue weighted by Crippen LogP contribution is 2.39. The van der Waals surface area contributed by atoms with Crippen LogP contribution in [0.5, 0.6) is 0 Å². The van der Waals surface area contributed by atoms with Gasteiger partial charge in [0.15, 0.2) is 5.76 Å². The highest BCUT2D eigenvalue weighted by molar-refractivity contribution is 5.96. The summed E-state index contributed by atoms with van der Waals surface area (Å²) >= 11 is 0. The molecule has 0 aromatic carbocycles. The lowest BCUT2D eigenvalue weighted by Gasteiger charge is -2.29. The Hall–Kier alpha value is -3.03. The first-order chi connectivity index (χ1) is 15.3. The smallest absolute Gasteiger partial charge is 0.256 e. The maximum Gasteiger partial charge on any atom is 0.256 e. The minimum atomic E-state index is -0.108. The second kappa shape index (κ2) is 9.22. The Morgan fingerprint density at radius 1 is 1.12 bits per heavy atom. The third kappa shape index (κ3) is 4.59. The summed E-state index contributed by atoms with van der Waals surface area (Å²) in [5.74, 6) is 3.07. The van der Waals surface area contributed by atoms with Crippen molar-refractivity contribution < 1.29 is 13.8 Å². The predicted octanol–water partition coefficient (Wildman–Crippen LogP) is 4.87. The van der Waals surface area contributed by atoms with Gasteiger partial charge in [-0.05, 0) is 52.4 Å². The molecule has 1 N–H and O–H groups in total. The van der Waals surface area contributed by atoms with Crippen molar-refractivity contribution in [3.8, 4) is 11.3 Å². The number of nitrogens with one attached hydrogen (secondary N) is 1. The normalized spacial score (nSPS) is 18.8. The van der Waals surface area contributed by atoms with Crippen LogP contribution >= 0.6 is 0 Å². The molecular formula is C24H31N5O3. The average Bonchev–Trinajstić information content (AvgIpc) is 3.36. The number of aryl methyl sites for hydroxylation is 3. The number of aromatic nitrogens is 4. The summed E-state index contributed by atoms with van der Waals surface area (Å²) in [5.41, 5.74) is 4.01. The highest BCUT2D eigenvalue weighted by atomic mass is 16.5. The summed E-state index contributed by atoms with van der Waals surface area (Å²) in [6.07, 6.45) is 5.97. The maximum absolute atomic E-state index is 12.5. The lowest BCUT2D eigenvalue weighted by Crippen LogP contribution is -2.31. The van der Waals surface area contributed by atoms with Crippen LogP contribution in [0.15, 0.2) is 21.3 Å². The van der Waals surface area contributed by atoms with Crippen LogP contribution in [-0.2, 0) is 0 Å². The van der Waals surface area contributed by atoms with E-state index in [-0.39, 0.29) is 11.8 Å². The summed E-state index contributed by atoms with van der Waals surface area (Å²) < 4.78 is 10.6. The van der Waals surface area contributed by atoms with Crippen molar-refractivity contribution in [2.24, 2.45) is 5.92 Å². The minimum Gasteiger partial charge on any atom is -0.361 e. The van der Waals surface area contributed by atoms with Crippen LogP contribution in [0.3, 0.4) is 0 Å². The van der Waals surface area contributed by atoms with Crippen LogP contribution < -0.4 is 5.32 Å². The van der Waals surface area contributed by atoms with Gasteiger partial charge in [-0.2, -0.15) is 0 Å². The first-order valence-electron chi connectivity index (χ1n) is 11.3. The van der Waals surface area contributed by atoms with Crippen molar-refractivity contribution >= 4 is 5.91 Å². The minimum absolute atomic E-state index is 0.108. The summed E-state index contributed by atoms with van der Waals surface area (Å²) in [6, 6.07) is 1.94. The van der Waals surface area contributed by atoms with E-state index in [0.29, 0.717) is 35.4 Å². The molecule has 3 aromatic heterocycles. The molecule has 4 rings (SSSR count). The lowest BCUT2D eigenvalue weighted by atomic mass is 9.79. The van der Waals surface area contributed by atoms with Gasteiger partial charge in [-0.1, -0.05) is 24.2 Å². The van der Waals surface area contributed by atoms with E-state index in [1.165, 1.54) is 0 Å². The molecule has 170 valence electrons. The molecule has 8 nitrogen and oxygen atoms in total. The predicted molar refractivity (Wildman–Crippen MR) is 119 cm³/mol. The molecule has 32 heavy (non-hydrogen) atoms. The number of amides is 1. The SMILES string of the molecule is Cc1cc(-c2cnc(C(C)C)nc2C2CCC(CNC(=O)c3c(C)noc3C)CC2)on1. The number of rotatable bonds is 6. The average molecular weight is 438 g/mol. The summed E-state index contributed by atoms with van der Waals surface area (Å²) in [5, 5.41) is 11.0. The van der Waals surface area contributed by atoms with Gasteiger partial charge in [0.25, 0.3) is 5.91 Å². The molecule has 0 spiro atoms. The van der Waals surface area contributed by atoms with E-state index in [9.17, 15) is 4.79 Å². The van der Waals surface area contributed by atoms with Crippen molar-refractivity contribution in [3.05, 3.63) is 46.5 Å². The van der Waals surface area contributed by atoms with E-state index in [0.717, 1.165) is 54.2 Å². The van der Waals surface area contributed by atoms with Crippen LogP contribution in [0.1, 0.15) is 90.4 Å². The second-order valence-corrected chi connectivity index (χ2v) is 9.14. The molecule has 1 aliphatic rings. The molecule has 8 heteroatoms. The van der Waals surface area contributed by atoms with Crippen molar-refractivity contribution in [1.29, 1.82) is 0 Å². The largest absolute Gasteiger partial charge is 0.361 e. The van der Waals surface area contributed by atoms with Gasteiger partial charge in [-0.25, -0.2) is 9.97 Å².